The summed E-state index contributed by atoms with van der Waals surface area (Å²) in [5.74, 6) is -0.901. The van der Waals surface area contributed by atoms with Crippen molar-refractivity contribution < 1.29 is 14.4 Å². The summed E-state index contributed by atoms with van der Waals surface area (Å²) in [4.78, 5) is 43.4. The number of nitrogens with zero attached hydrogens (tertiary/aromatic N) is 1. The number of nitrogens with one attached hydrogen (secondary N) is 2. The Morgan fingerprint density at radius 3 is 2.00 bits per heavy atom. The Hall–Kier alpha value is -4.92. The molecule has 1 heterocycles. The van der Waals surface area contributed by atoms with Gasteiger partial charge in [-0.25, -0.2) is 0 Å². The molecule has 0 spiro atoms. The van der Waals surface area contributed by atoms with Crippen molar-refractivity contribution in [3.8, 4) is 0 Å². The van der Waals surface area contributed by atoms with E-state index in [0.29, 0.717) is 11.3 Å². The van der Waals surface area contributed by atoms with E-state index in [1.165, 1.54) is 23.1 Å². The summed E-state index contributed by atoms with van der Waals surface area (Å²) in [6.07, 6.45) is 1.65. The van der Waals surface area contributed by atoms with E-state index in [2.05, 4.69) is 10.6 Å². The molecule has 3 amide bonds. The molecule has 1 unspecified atom stereocenters. The van der Waals surface area contributed by atoms with Crippen molar-refractivity contribution in [2.45, 2.75) is 17.1 Å². The Morgan fingerprint density at radius 2 is 1.40 bits per heavy atom. The minimum Gasteiger partial charge on any atom is -0.321 e. The molecular formula is C35H29N3O3S2. The van der Waals surface area contributed by atoms with E-state index in [-0.39, 0.29) is 17.5 Å². The lowest BCUT2D eigenvalue weighted by Crippen LogP contribution is -2.32. The Balaban J connectivity index is 1.32. The van der Waals surface area contributed by atoms with Crippen LogP contribution in [0.4, 0.5) is 17.1 Å². The molecule has 6 nitrogen and oxygen atoms in total. The van der Waals surface area contributed by atoms with Crippen molar-refractivity contribution in [2.75, 3.05) is 10.2 Å². The minimum atomic E-state index is -0.455. The van der Waals surface area contributed by atoms with Gasteiger partial charge in [-0.15, -0.1) is 23.1 Å². The van der Waals surface area contributed by atoms with Crippen LogP contribution in [0.2, 0.25) is 0 Å². The number of benzene rings is 4. The molecule has 1 aromatic heterocycles. The van der Waals surface area contributed by atoms with Gasteiger partial charge in [0.2, 0.25) is 5.91 Å². The van der Waals surface area contributed by atoms with Gasteiger partial charge in [-0.3, -0.25) is 19.3 Å². The van der Waals surface area contributed by atoms with Crippen LogP contribution >= 0.6 is 23.1 Å². The lowest BCUT2D eigenvalue weighted by molar-refractivity contribution is -0.117. The van der Waals surface area contributed by atoms with E-state index in [1.807, 2.05) is 109 Å². The fourth-order valence-electron chi connectivity index (χ4n) is 4.30. The zero-order chi connectivity index (χ0) is 30.0. The molecule has 0 aliphatic heterocycles. The largest absolute Gasteiger partial charge is 0.321 e. The van der Waals surface area contributed by atoms with Crippen LogP contribution in [0.3, 0.4) is 0 Å². The first-order valence-corrected chi connectivity index (χ1v) is 15.4. The molecule has 43 heavy (non-hydrogen) atoms. The number of carbonyl (C=O) groups excluding carboxylic acids is 3. The molecular weight excluding hydrogens is 575 g/mol. The van der Waals surface area contributed by atoms with Crippen molar-refractivity contribution in [3.05, 3.63) is 149 Å². The smallest absolute Gasteiger partial charge is 0.272 e. The minimum absolute atomic E-state index is 0.0679. The van der Waals surface area contributed by atoms with Crippen LogP contribution in [0.15, 0.2) is 143 Å². The van der Waals surface area contributed by atoms with E-state index < -0.39 is 11.2 Å². The second-order valence-corrected chi connectivity index (χ2v) is 11.9. The van der Waals surface area contributed by atoms with Gasteiger partial charge in [0, 0.05) is 32.4 Å². The molecule has 1 atom stereocenters. The second kappa shape index (κ2) is 14.3. The SMILES string of the molecule is CC(Sc1cccc(NC(=O)/C(=C\c2cccs2)NC(=O)c2ccccc2)c1)C(=O)N(c1ccccc1)c1ccccc1. The van der Waals surface area contributed by atoms with Gasteiger partial charge in [-0.2, -0.15) is 0 Å². The first-order chi connectivity index (χ1) is 21.0. The van der Waals surface area contributed by atoms with E-state index in [4.69, 9.17) is 0 Å². The maximum atomic E-state index is 13.8. The molecule has 0 bridgehead atoms. The number of carbonyl (C=O) groups is 3. The summed E-state index contributed by atoms with van der Waals surface area (Å²) in [6, 6.07) is 38.9. The van der Waals surface area contributed by atoms with Crippen molar-refractivity contribution in [3.63, 3.8) is 0 Å². The highest BCUT2D eigenvalue weighted by atomic mass is 32.2. The molecule has 0 saturated heterocycles. The van der Waals surface area contributed by atoms with Gasteiger partial charge >= 0.3 is 0 Å². The number of thiophene rings is 1. The van der Waals surface area contributed by atoms with Crippen LogP contribution < -0.4 is 15.5 Å². The zero-order valence-electron chi connectivity index (χ0n) is 23.3. The molecule has 0 aliphatic carbocycles. The molecule has 4 aromatic carbocycles. The first-order valence-electron chi connectivity index (χ1n) is 13.6. The number of hydrogen-bond donors (Lipinski definition) is 2. The van der Waals surface area contributed by atoms with Crippen molar-refractivity contribution >= 4 is 64.0 Å². The summed E-state index contributed by atoms with van der Waals surface area (Å²) >= 11 is 2.87. The fraction of sp³-hybridized carbons (Fsp3) is 0.0571. The predicted molar refractivity (Wildman–Crippen MR) is 177 cm³/mol. The van der Waals surface area contributed by atoms with Gasteiger partial charge in [0.1, 0.15) is 5.70 Å². The van der Waals surface area contributed by atoms with Crippen LogP contribution in [0.25, 0.3) is 6.08 Å². The van der Waals surface area contributed by atoms with E-state index in [9.17, 15) is 14.4 Å². The van der Waals surface area contributed by atoms with E-state index in [1.54, 1.807) is 41.3 Å². The standard InChI is InChI=1S/C35H29N3O3S2/c1-25(35(41)38(28-16-7-3-8-17-28)29-18-9-4-10-19-29)43-31-20-11-15-27(23-31)36-34(40)32(24-30-21-12-22-42-30)37-33(39)26-13-5-2-6-14-26/h2-25H,1H3,(H,36,40)(H,37,39)/b32-24+. The second-order valence-electron chi connectivity index (χ2n) is 9.48. The highest BCUT2D eigenvalue weighted by Gasteiger charge is 2.24. The van der Waals surface area contributed by atoms with Crippen molar-refractivity contribution in [1.29, 1.82) is 0 Å². The average molecular weight is 604 g/mol. The third-order valence-corrected chi connectivity index (χ3v) is 8.26. The molecule has 8 heteroatoms. The Bertz CT molecular complexity index is 1670. The monoisotopic (exact) mass is 603 g/mol. The maximum Gasteiger partial charge on any atom is 0.272 e. The highest BCUT2D eigenvalue weighted by molar-refractivity contribution is 8.00. The summed E-state index contributed by atoms with van der Waals surface area (Å²) < 4.78 is 0. The van der Waals surface area contributed by atoms with Crippen LogP contribution in [-0.4, -0.2) is 23.0 Å². The van der Waals surface area contributed by atoms with Gasteiger partial charge in [0.25, 0.3) is 11.8 Å². The van der Waals surface area contributed by atoms with Crippen molar-refractivity contribution in [1.82, 2.24) is 5.32 Å². The molecule has 0 fully saturated rings. The highest BCUT2D eigenvalue weighted by Crippen LogP contribution is 2.32. The molecule has 2 N–H and O–H groups in total. The van der Waals surface area contributed by atoms with Crippen LogP contribution in [-0.2, 0) is 9.59 Å². The van der Waals surface area contributed by atoms with Crippen LogP contribution in [0, 0.1) is 0 Å². The predicted octanol–water partition coefficient (Wildman–Crippen LogP) is 8.00. The van der Waals surface area contributed by atoms with Gasteiger partial charge < -0.3 is 10.6 Å². The number of rotatable bonds is 10. The fourth-order valence-corrected chi connectivity index (χ4v) is 5.92. The lowest BCUT2D eigenvalue weighted by atomic mass is 10.2. The molecule has 214 valence electrons. The number of anilines is 3. The summed E-state index contributed by atoms with van der Waals surface area (Å²) in [6.45, 7) is 1.87. The van der Waals surface area contributed by atoms with Gasteiger partial charge in [0.05, 0.1) is 5.25 Å². The third-order valence-electron chi connectivity index (χ3n) is 6.36. The molecule has 5 aromatic rings. The van der Waals surface area contributed by atoms with Gasteiger partial charge in [-0.1, -0.05) is 66.7 Å². The summed E-state index contributed by atoms with van der Waals surface area (Å²) in [7, 11) is 0. The molecule has 0 aliphatic rings. The first kappa shape index (κ1) is 29.6. The lowest BCUT2D eigenvalue weighted by Gasteiger charge is -2.26. The van der Waals surface area contributed by atoms with E-state index in [0.717, 1.165) is 21.1 Å². The van der Waals surface area contributed by atoms with Gasteiger partial charge in [-0.05, 0) is 79.0 Å². The Labute approximate surface area is 259 Å². The van der Waals surface area contributed by atoms with E-state index >= 15 is 0 Å². The number of thioether (sulfide) groups is 1. The number of amides is 3. The number of hydrogen-bond acceptors (Lipinski definition) is 5. The third kappa shape index (κ3) is 7.88. The summed E-state index contributed by atoms with van der Waals surface area (Å²) in [5, 5.41) is 7.14. The molecule has 0 radical (unpaired) electrons. The van der Waals surface area contributed by atoms with Crippen LogP contribution in [0.1, 0.15) is 22.2 Å². The van der Waals surface area contributed by atoms with Gasteiger partial charge in [0.15, 0.2) is 0 Å². The Kier molecular flexibility index (Phi) is 9.84. The topological polar surface area (TPSA) is 78.5 Å². The number of para-hydroxylation sites is 2. The normalized spacial score (nSPS) is 11.8. The zero-order valence-corrected chi connectivity index (χ0v) is 25.0. The summed E-state index contributed by atoms with van der Waals surface area (Å²) in [5.41, 5.74) is 2.69. The average Bonchev–Trinajstić information content (AvgIpc) is 3.56. The quantitative estimate of drug-likeness (QED) is 0.125. The van der Waals surface area contributed by atoms with Crippen LogP contribution in [0.5, 0.6) is 0 Å². The molecule has 0 saturated carbocycles. The Morgan fingerprint density at radius 1 is 0.767 bits per heavy atom. The van der Waals surface area contributed by atoms with Crippen molar-refractivity contribution in [2.24, 2.45) is 0 Å². The molecule has 5 rings (SSSR count). The maximum absolute atomic E-state index is 13.8.